The van der Waals surface area contributed by atoms with Gasteiger partial charge < -0.3 is 16.6 Å². The zero-order chi connectivity index (χ0) is 38.1. The van der Waals surface area contributed by atoms with Gasteiger partial charge in [-0.1, -0.05) is 104 Å². The van der Waals surface area contributed by atoms with Crippen molar-refractivity contribution >= 4 is 0 Å². The third-order valence-corrected chi connectivity index (χ3v) is 15.3. The van der Waals surface area contributed by atoms with Crippen molar-refractivity contribution in [2.24, 2.45) is 47.3 Å². The Kier molecular flexibility index (Phi) is 33.5. The van der Waals surface area contributed by atoms with Gasteiger partial charge in [-0.2, -0.15) is 48.7 Å². The predicted molar refractivity (Wildman–Crippen MR) is 231 cm³/mol. The largest absolute Gasteiger partial charge is 0.508 e. The molecule has 2 aromatic carbocycles. The first-order chi connectivity index (χ1) is 26.2. The van der Waals surface area contributed by atoms with Crippen LogP contribution < -0.4 is 0 Å². The third-order valence-electron chi connectivity index (χ3n) is 15.3. The number of aliphatic hydroxyl groups is 1. The number of aromatic hydroxyl groups is 1. The fraction of sp³-hybridized carbons (Fsp3) is 0.750. The van der Waals surface area contributed by atoms with Crippen molar-refractivity contribution in [3.8, 4) is 5.75 Å². The average molecular weight is 1090 g/mol. The van der Waals surface area contributed by atoms with Gasteiger partial charge in [0.15, 0.2) is 0 Å². The second-order valence-corrected chi connectivity index (χ2v) is 19.7. The van der Waals surface area contributed by atoms with E-state index in [4.69, 9.17) is 0 Å². The van der Waals surface area contributed by atoms with Crippen LogP contribution in [-0.2, 0) is 131 Å². The van der Waals surface area contributed by atoms with Gasteiger partial charge in [0.25, 0.3) is 0 Å². The van der Waals surface area contributed by atoms with Crippen LogP contribution in [0.1, 0.15) is 205 Å². The molecule has 6 aliphatic rings. The normalized spacial score (nSPS) is 32.4. The molecule has 58 heavy (non-hydrogen) atoms. The Hall–Kier alpha value is 2.62. The van der Waals surface area contributed by atoms with Crippen molar-refractivity contribution < 1.29 is 141 Å². The zero-order valence-electron chi connectivity index (χ0n) is 37.7. The molecular formula is C52H82O2Y4-2. The molecule has 2 aromatic rings. The molecule has 0 spiro atoms. The van der Waals surface area contributed by atoms with Crippen molar-refractivity contribution in [2.75, 3.05) is 0 Å². The summed E-state index contributed by atoms with van der Waals surface area (Å²) in [4.78, 5) is 0. The van der Waals surface area contributed by atoms with Crippen LogP contribution in [0.5, 0.6) is 5.75 Å². The van der Waals surface area contributed by atoms with E-state index in [2.05, 4.69) is 64.4 Å². The summed E-state index contributed by atoms with van der Waals surface area (Å²) >= 11 is 0. The molecule has 0 aromatic heterocycles. The number of aliphatic hydroxyl groups excluding tert-OH is 1. The second-order valence-electron chi connectivity index (χ2n) is 19.7. The van der Waals surface area contributed by atoms with Crippen LogP contribution in [0, 0.1) is 59.8 Å². The molecule has 0 heterocycles. The van der Waals surface area contributed by atoms with Crippen LogP contribution in [0.3, 0.4) is 0 Å². The SMILES string of the molecule is CC1CCC(C2CCC(O)CC2)CC1.CC1CCC(C2CC[CH-]CC2)CC1.CC1CCC(c2cc[c-]cc2)CC1.CC1CCC(c2ccc(O)cc2)CC1.[Y].[Y].[Y].[Y]. The van der Waals surface area contributed by atoms with Crippen LogP contribution >= 0.6 is 0 Å². The first kappa shape index (κ1) is 58.6. The predicted octanol–water partition coefficient (Wildman–Crippen LogP) is 15.0. The molecule has 316 valence electrons. The molecule has 0 bridgehead atoms. The quantitative estimate of drug-likeness (QED) is 0.300. The van der Waals surface area contributed by atoms with Gasteiger partial charge in [0.1, 0.15) is 5.75 Å². The van der Waals surface area contributed by atoms with Crippen molar-refractivity contribution in [3.05, 3.63) is 72.1 Å². The first-order valence-corrected chi connectivity index (χ1v) is 23.5. The fourth-order valence-corrected chi connectivity index (χ4v) is 11.1. The van der Waals surface area contributed by atoms with Crippen LogP contribution in [0.15, 0.2) is 48.5 Å². The molecule has 2 nitrogen and oxygen atoms in total. The minimum atomic E-state index is 0. The van der Waals surface area contributed by atoms with Crippen LogP contribution in [-0.4, -0.2) is 16.3 Å². The molecule has 0 amide bonds. The van der Waals surface area contributed by atoms with Gasteiger partial charge in [0.05, 0.1) is 6.10 Å². The Labute approximate surface area is 459 Å². The Morgan fingerprint density at radius 3 is 1.10 bits per heavy atom. The molecule has 0 atom stereocenters. The molecular weight excluding hydrogens is 1010 g/mol. The summed E-state index contributed by atoms with van der Waals surface area (Å²) in [6, 6.07) is 19.3. The maximum absolute atomic E-state index is 9.47. The second kappa shape index (κ2) is 33.1. The first-order valence-electron chi connectivity index (χ1n) is 23.5. The number of phenols is 1. The topological polar surface area (TPSA) is 40.5 Å². The molecule has 6 fully saturated rings. The minimum absolute atomic E-state index is 0. The summed E-state index contributed by atoms with van der Waals surface area (Å²) in [5.74, 6) is 9.92. The fourth-order valence-electron chi connectivity index (χ4n) is 11.1. The standard InChI is InChI=1S/C13H24O.C13H18O.C13H23.C13H17.4Y/c2*1-10-2-4-11(5-3-10)12-6-8-13(14)9-7-12;2*1-11-7-9-13(10-8-11)12-5-3-2-4-6-12;;;;/h10-14H,2-9H2,1H3;6-11,14H,2-5H2,1H3;2,11-13H,3-10H2,1H3;3-6,11,13H,7-10H2,1H3;;;;/q;;2*-1;;;;. The van der Waals surface area contributed by atoms with Crippen molar-refractivity contribution in [1.82, 2.24) is 0 Å². The molecule has 0 saturated heterocycles. The van der Waals surface area contributed by atoms with E-state index >= 15 is 0 Å². The Bertz CT molecular complexity index is 1210. The van der Waals surface area contributed by atoms with E-state index in [9.17, 15) is 10.2 Å². The molecule has 2 N–H and O–H groups in total. The Morgan fingerprint density at radius 2 is 0.724 bits per heavy atom. The Morgan fingerprint density at radius 1 is 0.414 bits per heavy atom. The van der Waals surface area contributed by atoms with E-state index in [1.54, 1.807) is 12.1 Å². The smallest absolute Gasteiger partial charge is 0.115 e. The number of rotatable bonds is 4. The molecule has 0 unspecified atom stereocenters. The van der Waals surface area contributed by atoms with Gasteiger partial charge in [0, 0.05) is 131 Å². The summed E-state index contributed by atoms with van der Waals surface area (Å²) in [5.41, 5.74) is 2.92. The van der Waals surface area contributed by atoms with Gasteiger partial charge in [-0.15, -0.1) is 0 Å². The summed E-state index contributed by atoms with van der Waals surface area (Å²) in [6.45, 7) is 9.52. The summed E-state index contributed by atoms with van der Waals surface area (Å²) in [7, 11) is 0. The van der Waals surface area contributed by atoms with Gasteiger partial charge in [-0.3, -0.25) is 0 Å². The molecule has 6 saturated carbocycles. The van der Waals surface area contributed by atoms with Gasteiger partial charge in [0.2, 0.25) is 0 Å². The van der Waals surface area contributed by atoms with Crippen molar-refractivity contribution in [3.63, 3.8) is 0 Å². The van der Waals surface area contributed by atoms with E-state index < -0.39 is 0 Å². The van der Waals surface area contributed by atoms with Crippen molar-refractivity contribution in [1.29, 1.82) is 0 Å². The molecule has 6 heteroatoms. The monoisotopic (exact) mass is 1090 g/mol. The summed E-state index contributed by atoms with van der Waals surface area (Å²) in [6.07, 6.45) is 35.8. The molecule has 0 aliphatic heterocycles. The number of hydrogen-bond donors (Lipinski definition) is 2. The summed E-state index contributed by atoms with van der Waals surface area (Å²) < 4.78 is 0. The Balaban J connectivity index is 0.000000378. The van der Waals surface area contributed by atoms with Gasteiger partial charge in [-0.25, -0.2) is 0 Å². The minimum Gasteiger partial charge on any atom is -0.508 e. The van der Waals surface area contributed by atoms with E-state index in [1.807, 2.05) is 12.1 Å². The number of phenolic OH excluding ortho intramolecular Hbond substituents is 1. The molecule has 8 rings (SSSR count). The maximum Gasteiger partial charge on any atom is 0.115 e. The zero-order valence-corrected chi connectivity index (χ0v) is 49.1. The number of hydrogen-bond acceptors (Lipinski definition) is 2. The van der Waals surface area contributed by atoms with E-state index in [0.29, 0.717) is 5.75 Å². The van der Waals surface area contributed by atoms with Crippen molar-refractivity contribution in [2.45, 2.75) is 200 Å². The molecule has 4 radical (unpaired) electrons. The van der Waals surface area contributed by atoms with E-state index in [1.165, 1.54) is 152 Å². The van der Waals surface area contributed by atoms with Crippen LogP contribution in [0.4, 0.5) is 0 Å². The molecule has 6 aliphatic carbocycles. The van der Waals surface area contributed by atoms with Crippen LogP contribution in [0.25, 0.3) is 0 Å². The van der Waals surface area contributed by atoms with Crippen LogP contribution in [0.2, 0.25) is 0 Å². The third kappa shape index (κ3) is 21.7. The van der Waals surface area contributed by atoms with E-state index in [0.717, 1.165) is 72.0 Å². The average Bonchev–Trinajstić information content (AvgIpc) is 3.21. The van der Waals surface area contributed by atoms with Gasteiger partial charge >= 0.3 is 0 Å². The number of benzene rings is 2. The van der Waals surface area contributed by atoms with E-state index in [-0.39, 0.29) is 137 Å². The van der Waals surface area contributed by atoms with Gasteiger partial charge in [-0.05, 0) is 154 Å². The maximum atomic E-state index is 9.47. The summed E-state index contributed by atoms with van der Waals surface area (Å²) in [5, 5.41) is 18.7.